The molecule has 1 saturated heterocycles. The number of rotatable bonds is 7. The third-order valence-electron chi connectivity index (χ3n) is 5.89. The number of ether oxygens (including phenoxy) is 2. The molecule has 170 valence electrons. The van der Waals surface area contributed by atoms with Crippen molar-refractivity contribution in [1.29, 1.82) is 0 Å². The Morgan fingerprint density at radius 3 is 2.16 bits per heavy atom. The molecule has 1 atom stereocenters. The van der Waals surface area contributed by atoms with Gasteiger partial charge in [-0.15, -0.1) is 0 Å². The summed E-state index contributed by atoms with van der Waals surface area (Å²) in [6, 6.07) is 9.74. The summed E-state index contributed by atoms with van der Waals surface area (Å²) in [6.45, 7) is 7.57. The average molecular weight is 444 g/mol. The highest BCUT2D eigenvalue weighted by molar-refractivity contribution is 6.48. The molecule has 3 rings (SSSR count). The molecular formula is C23H26BFO7. The fourth-order valence-corrected chi connectivity index (χ4v) is 3.36. The maximum absolute atomic E-state index is 13.1. The molecule has 32 heavy (non-hydrogen) atoms. The van der Waals surface area contributed by atoms with Gasteiger partial charge in [-0.2, -0.15) is 0 Å². The zero-order chi connectivity index (χ0) is 23.7. The number of carboxylic acid groups (broad SMARTS) is 1. The molecule has 1 aliphatic rings. The number of carboxylic acids is 1. The van der Waals surface area contributed by atoms with Gasteiger partial charge in [0.1, 0.15) is 5.82 Å². The van der Waals surface area contributed by atoms with Gasteiger partial charge in [0, 0.05) is 5.82 Å². The molecule has 1 N–H and O–H groups in total. The molecule has 2 aromatic rings. The van der Waals surface area contributed by atoms with E-state index in [9.17, 15) is 19.1 Å². The van der Waals surface area contributed by atoms with Crippen LogP contribution in [0.1, 0.15) is 55.9 Å². The number of hydrogen-bond donors (Lipinski definition) is 1. The van der Waals surface area contributed by atoms with Gasteiger partial charge in [0.05, 0.1) is 30.3 Å². The molecule has 7 nitrogen and oxygen atoms in total. The summed E-state index contributed by atoms with van der Waals surface area (Å²) in [5.41, 5.74) is -0.463. The van der Waals surface area contributed by atoms with Gasteiger partial charge in [-0.3, -0.25) is 4.79 Å². The lowest BCUT2D eigenvalue weighted by atomic mass is 9.66. The van der Waals surface area contributed by atoms with Crippen molar-refractivity contribution < 1.29 is 37.9 Å². The molecule has 0 spiro atoms. The van der Waals surface area contributed by atoms with Crippen molar-refractivity contribution in [2.24, 2.45) is 0 Å². The quantitative estimate of drug-likeness (QED) is 0.388. The van der Waals surface area contributed by atoms with Gasteiger partial charge in [0.15, 0.2) is 11.5 Å². The predicted octanol–water partition coefficient (Wildman–Crippen LogP) is 4.24. The highest BCUT2D eigenvalue weighted by Crippen LogP contribution is 2.43. The smallest absolute Gasteiger partial charge is 0.466 e. The van der Waals surface area contributed by atoms with E-state index < -0.39 is 41.9 Å². The van der Waals surface area contributed by atoms with Crippen molar-refractivity contribution >= 4 is 19.1 Å². The van der Waals surface area contributed by atoms with Crippen molar-refractivity contribution in [2.45, 2.75) is 51.1 Å². The lowest BCUT2D eigenvalue weighted by Crippen LogP contribution is -2.41. The third kappa shape index (κ3) is 4.94. The summed E-state index contributed by atoms with van der Waals surface area (Å²) in [5.74, 6) is -2.38. The minimum absolute atomic E-state index is 0.147. The van der Waals surface area contributed by atoms with Crippen LogP contribution >= 0.6 is 0 Å². The first-order chi connectivity index (χ1) is 14.9. The Hall–Kier alpha value is -2.91. The Morgan fingerprint density at radius 2 is 1.62 bits per heavy atom. The number of methoxy groups -OCH3 is 1. The number of esters is 1. The summed E-state index contributed by atoms with van der Waals surface area (Å²) >= 11 is 0. The highest BCUT2D eigenvalue weighted by atomic mass is 19.1. The molecule has 0 bridgehead atoms. The summed E-state index contributed by atoms with van der Waals surface area (Å²) in [7, 11) is 0.628. The first kappa shape index (κ1) is 23.8. The zero-order valence-corrected chi connectivity index (χ0v) is 18.7. The second-order valence-corrected chi connectivity index (χ2v) is 8.64. The standard InChI is InChI=1S/C23H26BFO7/c1-22(2)23(3,4)32-24(31-22)17(13-20(26)27)15-8-11-18(19(12-15)29-5)30-21(28)14-6-9-16(25)10-7-14/h6-12,17H,13H2,1-5H3,(H,26,27). The number of benzene rings is 2. The van der Waals surface area contributed by atoms with E-state index in [1.54, 1.807) is 12.1 Å². The Labute approximate surface area is 186 Å². The van der Waals surface area contributed by atoms with E-state index in [1.165, 1.54) is 25.3 Å². The summed E-state index contributed by atoms with van der Waals surface area (Å²) < 4.78 is 36.0. The largest absolute Gasteiger partial charge is 0.493 e. The number of carbonyl (C=O) groups excluding carboxylic acids is 1. The summed E-state index contributed by atoms with van der Waals surface area (Å²) in [6.07, 6.45) is -0.227. The summed E-state index contributed by atoms with van der Waals surface area (Å²) in [4.78, 5) is 24.0. The zero-order valence-electron chi connectivity index (χ0n) is 18.7. The van der Waals surface area contributed by atoms with Gasteiger partial charge in [-0.05, 0) is 69.7 Å². The van der Waals surface area contributed by atoms with Gasteiger partial charge >= 0.3 is 19.1 Å². The molecule has 2 aromatic carbocycles. The van der Waals surface area contributed by atoms with Crippen molar-refractivity contribution in [2.75, 3.05) is 7.11 Å². The Kier molecular flexibility index (Phi) is 6.62. The van der Waals surface area contributed by atoms with Gasteiger partial charge in [-0.25, -0.2) is 9.18 Å². The van der Waals surface area contributed by atoms with Crippen LogP contribution in [0.4, 0.5) is 4.39 Å². The molecular weight excluding hydrogens is 418 g/mol. The molecule has 1 fully saturated rings. The van der Waals surface area contributed by atoms with E-state index in [-0.39, 0.29) is 23.5 Å². The number of carbonyl (C=O) groups is 2. The van der Waals surface area contributed by atoms with Gasteiger partial charge in [0.2, 0.25) is 0 Å². The monoisotopic (exact) mass is 444 g/mol. The van der Waals surface area contributed by atoms with Crippen LogP contribution in [-0.2, 0) is 14.1 Å². The van der Waals surface area contributed by atoms with E-state index in [2.05, 4.69) is 0 Å². The molecule has 0 amide bonds. The van der Waals surface area contributed by atoms with Gasteiger partial charge in [-0.1, -0.05) is 6.07 Å². The van der Waals surface area contributed by atoms with Crippen LogP contribution in [-0.4, -0.2) is 42.5 Å². The van der Waals surface area contributed by atoms with Crippen LogP contribution in [0.15, 0.2) is 42.5 Å². The van der Waals surface area contributed by atoms with Crippen LogP contribution in [0.5, 0.6) is 11.5 Å². The SMILES string of the molecule is COc1cc(C(CC(=O)O)B2OC(C)(C)C(C)(C)O2)ccc1OC(=O)c1ccc(F)cc1. The van der Waals surface area contributed by atoms with Crippen LogP contribution in [0.3, 0.4) is 0 Å². The van der Waals surface area contributed by atoms with E-state index in [4.69, 9.17) is 18.8 Å². The second-order valence-electron chi connectivity index (χ2n) is 8.64. The number of hydrogen-bond acceptors (Lipinski definition) is 6. The summed E-state index contributed by atoms with van der Waals surface area (Å²) in [5, 5.41) is 9.47. The normalized spacial score (nSPS) is 17.6. The topological polar surface area (TPSA) is 91.3 Å². The Balaban J connectivity index is 1.88. The molecule has 1 unspecified atom stereocenters. The average Bonchev–Trinajstić information content (AvgIpc) is 2.93. The van der Waals surface area contributed by atoms with Crippen molar-refractivity contribution in [3.63, 3.8) is 0 Å². The minimum atomic E-state index is -1.00. The fraction of sp³-hybridized carbons (Fsp3) is 0.391. The van der Waals surface area contributed by atoms with E-state index in [0.717, 1.165) is 12.1 Å². The third-order valence-corrected chi connectivity index (χ3v) is 5.89. The maximum atomic E-state index is 13.1. The number of halogens is 1. The van der Waals surface area contributed by atoms with Crippen LogP contribution in [0.25, 0.3) is 0 Å². The molecule has 1 heterocycles. The Morgan fingerprint density at radius 1 is 1.03 bits per heavy atom. The molecule has 0 radical (unpaired) electrons. The van der Waals surface area contributed by atoms with Crippen LogP contribution in [0, 0.1) is 5.82 Å². The first-order valence-corrected chi connectivity index (χ1v) is 10.2. The van der Waals surface area contributed by atoms with E-state index in [1.807, 2.05) is 27.7 Å². The van der Waals surface area contributed by atoms with Crippen molar-refractivity contribution in [3.8, 4) is 11.5 Å². The first-order valence-electron chi connectivity index (χ1n) is 10.2. The van der Waals surface area contributed by atoms with Gasteiger partial charge < -0.3 is 23.9 Å². The second kappa shape index (κ2) is 8.92. The van der Waals surface area contributed by atoms with Gasteiger partial charge in [0.25, 0.3) is 0 Å². The molecule has 1 aliphatic heterocycles. The van der Waals surface area contributed by atoms with Crippen molar-refractivity contribution in [1.82, 2.24) is 0 Å². The predicted molar refractivity (Wildman–Crippen MR) is 115 cm³/mol. The fourth-order valence-electron chi connectivity index (χ4n) is 3.36. The van der Waals surface area contributed by atoms with E-state index in [0.29, 0.717) is 5.56 Å². The lowest BCUT2D eigenvalue weighted by Gasteiger charge is -2.32. The number of aliphatic carboxylic acids is 1. The molecule has 0 aromatic heterocycles. The highest BCUT2D eigenvalue weighted by Gasteiger charge is 2.54. The van der Waals surface area contributed by atoms with Crippen LogP contribution in [0.2, 0.25) is 0 Å². The lowest BCUT2D eigenvalue weighted by molar-refractivity contribution is -0.137. The molecule has 9 heteroatoms. The maximum Gasteiger partial charge on any atom is 0.466 e. The molecule has 0 aliphatic carbocycles. The van der Waals surface area contributed by atoms with Crippen LogP contribution < -0.4 is 9.47 Å². The minimum Gasteiger partial charge on any atom is -0.493 e. The Bertz CT molecular complexity index is 988. The molecule has 0 saturated carbocycles. The van der Waals surface area contributed by atoms with E-state index >= 15 is 0 Å². The van der Waals surface area contributed by atoms with Crippen molar-refractivity contribution in [3.05, 3.63) is 59.4 Å².